The zero-order valence-electron chi connectivity index (χ0n) is 17.7. The lowest BCUT2D eigenvalue weighted by Gasteiger charge is -2.50. The number of rotatable bonds is 5. The molecular weight excluding hydrogens is 356 g/mol. The highest BCUT2D eigenvalue weighted by Crippen LogP contribution is 2.54. The Bertz CT molecular complexity index is 743. The molecule has 0 heterocycles. The molecule has 2 aliphatic rings. The fourth-order valence-corrected chi connectivity index (χ4v) is 6.35. The molecule has 2 atom stereocenters. The minimum absolute atomic E-state index is 0.0235. The lowest BCUT2D eigenvalue weighted by Crippen LogP contribution is -2.44. The van der Waals surface area contributed by atoms with Gasteiger partial charge in [0.2, 0.25) is 0 Å². The van der Waals surface area contributed by atoms with Gasteiger partial charge in [-0.25, -0.2) is 0 Å². The van der Waals surface area contributed by atoms with Gasteiger partial charge in [0.05, 0.1) is 12.2 Å². The van der Waals surface area contributed by atoms with E-state index in [9.17, 15) is 10.2 Å². The van der Waals surface area contributed by atoms with E-state index < -0.39 is 0 Å². The summed E-state index contributed by atoms with van der Waals surface area (Å²) < 4.78 is 0. The zero-order valence-corrected chi connectivity index (χ0v) is 17.7. The third-order valence-corrected chi connectivity index (χ3v) is 7.96. The van der Waals surface area contributed by atoms with Crippen molar-refractivity contribution in [2.75, 3.05) is 0 Å². The molecule has 2 saturated carbocycles. The number of hydrogen-bond acceptors (Lipinski definition) is 2. The first-order valence-electron chi connectivity index (χ1n) is 11.6. The molecule has 0 radical (unpaired) electrons. The van der Waals surface area contributed by atoms with Crippen LogP contribution in [0.5, 0.6) is 0 Å². The van der Waals surface area contributed by atoms with Crippen LogP contribution in [0, 0.1) is 11.8 Å². The molecule has 0 aromatic heterocycles. The Hall–Kier alpha value is -1.64. The predicted octanol–water partition coefficient (Wildman–Crippen LogP) is 5.83. The lowest BCUT2D eigenvalue weighted by molar-refractivity contribution is 0.0498. The molecule has 0 saturated heterocycles. The summed E-state index contributed by atoms with van der Waals surface area (Å²) in [5.74, 6) is 1.57. The summed E-state index contributed by atoms with van der Waals surface area (Å²) in [4.78, 5) is 0. The molecule has 2 aliphatic carbocycles. The van der Waals surface area contributed by atoms with Crippen molar-refractivity contribution in [3.05, 3.63) is 71.8 Å². The standard InChI is InChI=1S/C27H36O2/c1-27(22-10-6-3-7-11-22,23-14-18-25(29)19-15-23)26(20-8-4-2-5-9-20)21-12-16-24(28)17-13-21/h2-11,21,23-26,28-29H,12-19H2,1H3. The van der Waals surface area contributed by atoms with Crippen molar-refractivity contribution in [1.29, 1.82) is 0 Å². The van der Waals surface area contributed by atoms with Gasteiger partial charge in [0, 0.05) is 5.41 Å². The Labute approximate surface area is 176 Å². The molecule has 2 fully saturated rings. The second-order valence-electron chi connectivity index (χ2n) is 9.61. The van der Waals surface area contributed by atoms with Crippen molar-refractivity contribution in [3.8, 4) is 0 Å². The molecular formula is C27H36O2. The van der Waals surface area contributed by atoms with E-state index in [0.717, 1.165) is 51.4 Å². The first-order chi connectivity index (χ1) is 14.1. The Morgan fingerprint density at radius 2 is 1.17 bits per heavy atom. The molecule has 2 heteroatoms. The van der Waals surface area contributed by atoms with Crippen LogP contribution in [0.15, 0.2) is 60.7 Å². The van der Waals surface area contributed by atoms with Gasteiger partial charge < -0.3 is 10.2 Å². The first kappa shape index (κ1) is 20.6. The molecule has 0 aliphatic heterocycles. The van der Waals surface area contributed by atoms with E-state index >= 15 is 0 Å². The van der Waals surface area contributed by atoms with E-state index in [1.807, 2.05) is 0 Å². The van der Waals surface area contributed by atoms with E-state index in [4.69, 9.17) is 0 Å². The van der Waals surface area contributed by atoms with E-state index in [-0.39, 0.29) is 17.6 Å². The number of hydrogen-bond donors (Lipinski definition) is 2. The molecule has 2 unspecified atom stereocenters. The van der Waals surface area contributed by atoms with Crippen molar-refractivity contribution in [2.45, 2.75) is 81.8 Å². The average molecular weight is 393 g/mol. The van der Waals surface area contributed by atoms with Crippen LogP contribution in [0.3, 0.4) is 0 Å². The SMILES string of the molecule is CC(c1ccccc1)(C1CCC(O)CC1)C(c1ccccc1)C1CCC(O)CC1. The van der Waals surface area contributed by atoms with Crippen LogP contribution in [0.4, 0.5) is 0 Å². The van der Waals surface area contributed by atoms with Gasteiger partial charge in [-0.2, -0.15) is 0 Å². The van der Waals surface area contributed by atoms with Crippen molar-refractivity contribution >= 4 is 0 Å². The highest BCUT2D eigenvalue weighted by Gasteiger charge is 2.47. The van der Waals surface area contributed by atoms with Crippen molar-refractivity contribution in [2.24, 2.45) is 11.8 Å². The van der Waals surface area contributed by atoms with Gasteiger partial charge in [-0.15, -0.1) is 0 Å². The third kappa shape index (κ3) is 4.29. The summed E-state index contributed by atoms with van der Waals surface area (Å²) in [6, 6.07) is 22.2. The number of aliphatic hydroxyl groups excluding tert-OH is 2. The van der Waals surface area contributed by atoms with Crippen LogP contribution in [0.2, 0.25) is 0 Å². The van der Waals surface area contributed by atoms with Gasteiger partial charge in [-0.05, 0) is 80.2 Å². The maximum absolute atomic E-state index is 10.2. The van der Waals surface area contributed by atoms with E-state index in [1.54, 1.807) is 0 Å². The molecule has 0 spiro atoms. The summed E-state index contributed by atoms with van der Waals surface area (Å²) >= 11 is 0. The Morgan fingerprint density at radius 1 is 0.690 bits per heavy atom. The highest BCUT2D eigenvalue weighted by molar-refractivity contribution is 5.35. The Balaban J connectivity index is 1.79. The maximum Gasteiger partial charge on any atom is 0.0540 e. The maximum atomic E-state index is 10.2. The smallest absolute Gasteiger partial charge is 0.0540 e. The van der Waals surface area contributed by atoms with Gasteiger partial charge in [0.15, 0.2) is 0 Å². The van der Waals surface area contributed by atoms with Gasteiger partial charge >= 0.3 is 0 Å². The van der Waals surface area contributed by atoms with Gasteiger partial charge in [0.25, 0.3) is 0 Å². The van der Waals surface area contributed by atoms with Gasteiger partial charge in [-0.3, -0.25) is 0 Å². The highest BCUT2D eigenvalue weighted by atomic mass is 16.3. The minimum atomic E-state index is -0.133. The molecule has 0 bridgehead atoms. The molecule has 0 amide bonds. The first-order valence-corrected chi connectivity index (χ1v) is 11.6. The lowest BCUT2D eigenvalue weighted by atomic mass is 9.54. The van der Waals surface area contributed by atoms with Crippen LogP contribution in [0.25, 0.3) is 0 Å². The van der Waals surface area contributed by atoms with Gasteiger partial charge in [-0.1, -0.05) is 67.6 Å². The molecule has 2 N–H and O–H groups in total. The molecule has 2 aromatic carbocycles. The largest absolute Gasteiger partial charge is 0.393 e. The fraction of sp³-hybridized carbons (Fsp3) is 0.556. The molecule has 156 valence electrons. The van der Waals surface area contributed by atoms with Crippen molar-refractivity contribution < 1.29 is 10.2 Å². The quantitative estimate of drug-likeness (QED) is 0.672. The Morgan fingerprint density at radius 3 is 1.72 bits per heavy atom. The second-order valence-corrected chi connectivity index (χ2v) is 9.61. The van der Waals surface area contributed by atoms with E-state index in [2.05, 4.69) is 67.6 Å². The van der Waals surface area contributed by atoms with Crippen LogP contribution in [-0.4, -0.2) is 22.4 Å². The fourth-order valence-electron chi connectivity index (χ4n) is 6.35. The number of benzene rings is 2. The minimum Gasteiger partial charge on any atom is -0.393 e. The summed E-state index contributed by atoms with van der Waals surface area (Å²) in [5, 5.41) is 20.3. The summed E-state index contributed by atoms with van der Waals surface area (Å²) in [6.07, 6.45) is 7.77. The van der Waals surface area contributed by atoms with E-state index in [0.29, 0.717) is 17.8 Å². The number of aliphatic hydroxyl groups is 2. The Kier molecular flexibility index (Phi) is 6.41. The van der Waals surface area contributed by atoms with Crippen LogP contribution in [0.1, 0.15) is 75.3 Å². The van der Waals surface area contributed by atoms with Gasteiger partial charge in [0.1, 0.15) is 0 Å². The van der Waals surface area contributed by atoms with Crippen molar-refractivity contribution in [3.63, 3.8) is 0 Å². The average Bonchev–Trinajstić information content (AvgIpc) is 2.77. The molecule has 4 rings (SSSR count). The summed E-state index contributed by atoms with van der Waals surface area (Å²) in [7, 11) is 0. The van der Waals surface area contributed by atoms with Crippen molar-refractivity contribution in [1.82, 2.24) is 0 Å². The van der Waals surface area contributed by atoms with Crippen LogP contribution in [-0.2, 0) is 5.41 Å². The van der Waals surface area contributed by atoms with Crippen LogP contribution < -0.4 is 0 Å². The van der Waals surface area contributed by atoms with E-state index in [1.165, 1.54) is 11.1 Å². The third-order valence-electron chi connectivity index (χ3n) is 7.96. The second kappa shape index (κ2) is 9.02. The summed E-state index contributed by atoms with van der Waals surface area (Å²) in [5.41, 5.74) is 2.89. The molecule has 2 nitrogen and oxygen atoms in total. The topological polar surface area (TPSA) is 40.5 Å². The zero-order chi connectivity index (χ0) is 20.3. The molecule has 2 aromatic rings. The van der Waals surface area contributed by atoms with Crippen LogP contribution >= 0.6 is 0 Å². The molecule has 29 heavy (non-hydrogen) atoms. The predicted molar refractivity (Wildman–Crippen MR) is 119 cm³/mol. The summed E-state index contributed by atoms with van der Waals surface area (Å²) in [6.45, 7) is 2.49. The normalized spacial score (nSPS) is 31.0. The monoisotopic (exact) mass is 392 g/mol.